The second-order valence-electron chi connectivity index (χ2n) is 12.0. The molecule has 0 nitrogen and oxygen atoms in total. The van der Waals surface area contributed by atoms with Gasteiger partial charge in [0.1, 0.15) is 0 Å². The second kappa shape index (κ2) is 14.8. The van der Waals surface area contributed by atoms with Gasteiger partial charge in [-0.15, -0.1) is 0 Å². The minimum Gasteiger partial charge on any atom is -0.0804 e. The van der Waals surface area contributed by atoms with Crippen molar-refractivity contribution in [2.24, 2.45) is 11.8 Å². The molecule has 2 aromatic carbocycles. The van der Waals surface area contributed by atoms with Crippen LogP contribution in [0.25, 0.3) is 16.7 Å². The van der Waals surface area contributed by atoms with Crippen molar-refractivity contribution in [1.29, 1.82) is 0 Å². The highest BCUT2D eigenvalue weighted by molar-refractivity contribution is 5.71. The van der Waals surface area contributed by atoms with Crippen molar-refractivity contribution in [2.45, 2.75) is 129 Å². The van der Waals surface area contributed by atoms with Crippen LogP contribution in [0.3, 0.4) is 0 Å². The van der Waals surface area contributed by atoms with Crippen LogP contribution in [0.15, 0.2) is 54.6 Å². The van der Waals surface area contributed by atoms with Gasteiger partial charge in [-0.25, -0.2) is 0 Å². The maximum Gasteiger partial charge on any atom is -0.0162 e. The molecule has 0 amide bonds. The number of hydrogen-bond acceptors (Lipinski definition) is 0. The molecular weight excluding hydrogens is 432 g/mol. The van der Waals surface area contributed by atoms with E-state index in [0.29, 0.717) is 0 Å². The molecule has 0 spiro atoms. The summed E-state index contributed by atoms with van der Waals surface area (Å²) < 4.78 is 0. The number of hydrogen-bond donors (Lipinski definition) is 0. The van der Waals surface area contributed by atoms with Gasteiger partial charge in [-0.3, -0.25) is 0 Å². The summed E-state index contributed by atoms with van der Waals surface area (Å²) in [5.74, 6) is 2.69. The zero-order valence-corrected chi connectivity index (χ0v) is 23.4. The van der Waals surface area contributed by atoms with Gasteiger partial charge in [-0.2, -0.15) is 0 Å². The predicted octanol–water partition coefficient (Wildman–Crippen LogP) is 11.8. The lowest BCUT2D eigenvalue weighted by atomic mass is 9.77. The van der Waals surface area contributed by atoms with E-state index in [1.165, 1.54) is 126 Å². The van der Waals surface area contributed by atoms with E-state index in [1.54, 1.807) is 11.1 Å². The van der Waals surface area contributed by atoms with Gasteiger partial charge in [0.2, 0.25) is 0 Å². The highest BCUT2D eigenvalue weighted by Gasteiger charge is 2.21. The topological polar surface area (TPSA) is 0 Å². The summed E-state index contributed by atoms with van der Waals surface area (Å²) in [6.07, 6.45) is 26.3. The summed E-state index contributed by atoms with van der Waals surface area (Å²) in [4.78, 5) is 0. The van der Waals surface area contributed by atoms with E-state index in [2.05, 4.69) is 68.5 Å². The third-order valence-corrected chi connectivity index (χ3v) is 9.25. The Labute approximate surface area is 223 Å². The summed E-state index contributed by atoms with van der Waals surface area (Å²) >= 11 is 0. The second-order valence-corrected chi connectivity index (χ2v) is 12.0. The van der Waals surface area contributed by atoms with Crippen molar-refractivity contribution in [3.63, 3.8) is 0 Å². The molecule has 0 N–H and O–H groups in total. The number of benzene rings is 2. The smallest absolute Gasteiger partial charge is 0.0162 e. The van der Waals surface area contributed by atoms with Crippen LogP contribution < -0.4 is 0 Å². The van der Waals surface area contributed by atoms with Gasteiger partial charge in [0, 0.05) is 0 Å². The van der Waals surface area contributed by atoms with Crippen LogP contribution in [0.5, 0.6) is 0 Å². The molecule has 2 aliphatic carbocycles. The van der Waals surface area contributed by atoms with Crippen LogP contribution in [0.2, 0.25) is 0 Å². The molecule has 0 aliphatic heterocycles. The fourth-order valence-electron chi connectivity index (χ4n) is 6.82. The molecule has 196 valence electrons. The van der Waals surface area contributed by atoms with E-state index in [4.69, 9.17) is 0 Å². The third kappa shape index (κ3) is 8.09. The minimum absolute atomic E-state index is 0.780. The van der Waals surface area contributed by atoms with E-state index >= 15 is 0 Å². The zero-order valence-electron chi connectivity index (χ0n) is 23.4. The van der Waals surface area contributed by atoms with Crippen LogP contribution in [-0.4, -0.2) is 0 Å². The van der Waals surface area contributed by atoms with E-state index in [0.717, 1.165) is 17.8 Å². The van der Waals surface area contributed by atoms with Crippen LogP contribution in [0, 0.1) is 11.8 Å². The van der Waals surface area contributed by atoms with E-state index < -0.39 is 0 Å². The molecule has 0 heterocycles. The normalized spacial score (nSPS) is 22.4. The van der Waals surface area contributed by atoms with Crippen LogP contribution in [0.1, 0.15) is 140 Å². The van der Waals surface area contributed by atoms with Crippen LogP contribution >= 0.6 is 0 Å². The van der Waals surface area contributed by atoms with Gasteiger partial charge in [-0.05, 0) is 90.5 Å². The van der Waals surface area contributed by atoms with Crippen molar-refractivity contribution in [3.05, 3.63) is 65.7 Å². The molecule has 4 rings (SSSR count). The fraction of sp³-hybridized carbons (Fsp3) is 0.611. The molecule has 0 saturated heterocycles. The standard InChI is InChI=1S/C36H52/c1-3-5-6-7-8-9-10-12-30-15-19-32(20-16-30)34-23-27-36(28-24-34)35-25-21-33(22-26-35)31-17-13-29(11-4-2)14-18-31/h19,21-31H,3-18,20H2,1-2H3. The van der Waals surface area contributed by atoms with Crippen LogP contribution in [-0.2, 0) is 0 Å². The molecule has 0 radical (unpaired) electrons. The summed E-state index contributed by atoms with van der Waals surface area (Å²) in [6.45, 7) is 4.63. The first kappa shape index (κ1) is 27.2. The van der Waals surface area contributed by atoms with Gasteiger partial charge in [0.05, 0.1) is 0 Å². The van der Waals surface area contributed by atoms with Crippen molar-refractivity contribution in [1.82, 2.24) is 0 Å². The predicted molar refractivity (Wildman–Crippen MR) is 159 cm³/mol. The van der Waals surface area contributed by atoms with E-state index in [1.807, 2.05) is 0 Å². The van der Waals surface area contributed by atoms with Gasteiger partial charge in [0.25, 0.3) is 0 Å². The molecule has 1 fully saturated rings. The molecular formula is C36H52. The number of allylic oxidation sites excluding steroid dienone is 2. The highest BCUT2D eigenvalue weighted by atomic mass is 14.3. The summed E-state index contributed by atoms with van der Waals surface area (Å²) in [5.41, 5.74) is 7.28. The molecule has 1 unspecified atom stereocenters. The van der Waals surface area contributed by atoms with Gasteiger partial charge in [-0.1, -0.05) is 133 Å². The zero-order chi connectivity index (χ0) is 25.0. The first-order valence-corrected chi connectivity index (χ1v) is 15.7. The molecule has 36 heavy (non-hydrogen) atoms. The summed E-state index contributed by atoms with van der Waals surface area (Å²) in [6, 6.07) is 18.9. The molecule has 1 saturated carbocycles. The van der Waals surface area contributed by atoms with Gasteiger partial charge >= 0.3 is 0 Å². The molecule has 0 aromatic heterocycles. The quantitative estimate of drug-likeness (QED) is 0.248. The highest BCUT2D eigenvalue weighted by Crippen LogP contribution is 2.38. The summed E-state index contributed by atoms with van der Waals surface area (Å²) in [7, 11) is 0. The molecule has 2 aliphatic rings. The van der Waals surface area contributed by atoms with Gasteiger partial charge in [0.15, 0.2) is 0 Å². The van der Waals surface area contributed by atoms with Crippen LogP contribution in [0.4, 0.5) is 0 Å². The lowest BCUT2D eigenvalue weighted by Gasteiger charge is -2.28. The minimum atomic E-state index is 0.780. The Bertz CT molecular complexity index is 892. The monoisotopic (exact) mass is 484 g/mol. The lowest BCUT2D eigenvalue weighted by Crippen LogP contribution is -2.13. The van der Waals surface area contributed by atoms with Gasteiger partial charge < -0.3 is 0 Å². The maximum atomic E-state index is 2.55. The Kier molecular flexibility index (Phi) is 11.2. The molecule has 0 bridgehead atoms. The molecule has 0 heteroatoms. The third-order valence-electron chi connectivity index (χ3n) is 9.25. The first-order valence-electron chi connectivity index (χ1n) is 15.7. The van der Waals surface area contributed by atoms with E-state index in [-0.39, 0.29) is 0 Å². The van der Waals surface area contributed by atoms with Crippen molar-refractivity contribution in [2.75, 3.05) is 0 Å². The fourth-order valence-corrected chi connectivity index (χ4v) is 6.82. The van der Waals surface area contributed by atoms with Crippen molar-refractivity contribution >= 4 is 5.57 Å². The largest absolute Gasteiger partial charge is 0.0804 e. The number of unbranched alkanes of at least 4 members (excludes halogenated alkanes) is 6. The molecule has 1 atom stereocenters. The maximum absolute atomic E-state index is 2.55. The molecule has 2 aromatic rings. The number of rotatable bonds is 13. The Morgan fingerprint density at radius 2 is 1.17 bits per heavy atom. The Balaban J connectivity index is 1.22. The van der Waals surface area contributed by atoms with Crippen molar-refractivity contribution in [3.8, 4) is 11.1 Å². The Morgan fingerprint density at radius 3 is 1.78 bits per heavy atom. The lowest BCUT2D eigenvalue weighted by molar-refractivity contribution is 0.308. The average molecular weight is 485 g/mol. The van der Waals surface area contributed by atoms with E-state index in [9.17, 15) is 0 Å². The average Bonchev–Trinajstić information content (AvgIpc) is 2.94. The SMILES string of the molecule is CCCCCCCCCC1CC=C(c2ccc(-c3ccc(C4CCC(CCC)CC4)cc3)cc2)CC1. The Hall–Kier alpha value is -1.82. The summed E-state index contributed by atoms with van der Waals surface area (Å²) in [5, 5.41) is 0. The first-order chi connectivity index (χ1) is 17.8. The van der Waals surface area contributed by atoms with Crippen molar-refractivity contribution < 1.29 is 0 Å². The Morgan fingerprint density at radius 1 is 0.556 bits per heavy atom.